The number of nitriles is 1. The van der Waals surface area contributed by atoms with Gasteiger partial charge in [0, 0.05) is 11.1 Å². The molecule has 1 atom stereocenters. The molecule has 1 unspecified atom stereocenters. The van der Waals surface area contributed by atoms with Crippen LogP contribution in [0.4, 0.5) is 0 Å². The number of carbonyl (C=O) groups is 1. The molecule has 0 aliphatic heterocycles. The molecule has 1 aliphatic carbocycles. The molecule has 0 saturated heterocycles. The van der Waals surface area contributed by atoms with E-state index in [0.29, 0.717) is 17.0 Å². The van der Waals surface area contributed by atoms with Gasteiger partial charge >= 0.3 is 0 Å². The van der Waals surface area contributed by atoms with E-state index < -0.39 is 0 Å². The first-order chi connectivity index (χ1) is 10.5. The largest absolute Gasteiger partial charge is 0.347 e. The second-order valence-electron chi connectivity index (χ2n) is 5.17. The first kappa shape index (κ1) is 14.8. The minimum absolute atomic E-state index is 0.0176. The molecule has 0 bridgehead atoms. The number of benzene rings is 1. The van der Waals surface area contributed by atoms with Gasteiger partial charge in [0.25, 0.3) is 5.91 Å². The fourth-order valence-electron chi connectivity index (χ4n) is 2.63. The summed E-state index contributed by atoms with van der Waals surface area (Å²) in [5, 5.41) is 12.4. The smallest absolute Gasteiger partial charge is 0.270 e. The summed E-state index contributed by atoms with van der Waals surface area (Å²) in [5.41, 5.74) is 3.09. The maximum Gasteiger partial charge on any atom is 0.270 e. The Bertz CT molecular complexity index is 778. The zero-order valence-corrected chi connectivity index (χ0v) is 12.9. The molecule has 6 heteroatoms. The van der Waals surface area contributed by atoms with Crippen molar-refractivity contribution >= 4 is 29.1 Å². The fourth-order valence-corrected chi connectivity index (χ4v) is 3.10. The number of halogens is 2. The number of hydrogen-bond donors (Lipinski definition) is 1. The molecule has 110 valence electrons. The van der Waals surface area contributed by atoms with Crippen LogP contribution in [-0.4, -0.2) is 16.9 Å². The monoisotopic (exact) mass is 331 g/mol. The lowest BCUT2D eigenvalue weighted by atomic mass is 10.1. The molecule has 0 saturated carbocycles. The van der Waals surface area contributed by atoms with Crippen molar-refractivity contribution in [1.29, 1.82) is 5.26 Å². The molecule has 1 aliphatic rings. The van der Waals surface area contributed by atoms with Gasteiger partial charge in [-0.05, 0) is 48.2 Å². The number of nitrogens with zero attached hydrogens (tertiary/aromatic N) is 2. The van der Waals surface area contributed by atoms with Crippen molar-refractivity contribution in [1.82, 2.24) is 10.3 Å². The Balaban J connectivity index is 1.73. The lowest BCUT2D eigenvalue weighted by molar-refractivity contribution is 0.0933. The minimum atomic E-state index is -0.303. The molecule has 4 nitrogen and oxygen atoms in total. The normalized spacial score (nSPS) is 16.0. The summed E-state index contributed by atoms with van der Waals surface area (Å²) in [5.74, 6) is -0.303. The Hall–Kier alpha value is -2.09. The number of hydrogen-bond acceptors (Lipinski definition) is 3. The second-order valence-corrected chi connectivity index (χ2v) is 5.99. The number of carbonyl (C=O) groups excluding carboxylic acids is 1. The van der Waals surface area contributed by atoms with E-state index in [-0.39, 0.29) is 22.8 Å². The molecular weight excluding hydrogens is 321 g/mol. The average Bonchev–Trinajstić information content (AvgIpc) is 2.87. The predicted molar refractivity (Wildman–Crippen MR) is 84.1 cm³/mol. The average molecular weight is 332 g/mol. The molecule has 2 aromatic rings. The van der Waals surface area contributed by atoms with E-state index in [0.717, 1.165) is 17.5 Å². The standard InChI is InChI=1S/C16H11Cl2N3O/c17-12-6-14(21-15(18)7-12)16(22)20-13-4-10-2-1-9(8-19)3-11(10)5-13/h1-3,6-7,13H,4-5H2,(H,20,22). The Labute approximate surface area is 137 Å². The van der Waals surface area contributed by atoms with Crippen LogP contribution in [0.3, 0.4) is 0 Å². The maximum absolute atomic E-state index is 12.2. The van der Waals surface area contributed by atoms with Crippen LogP contribution in [0.25, 0.3) is 0 Å². The number of aromatic nitrogens is 1. The number of fused-ring (bicyclic) bond motifs is 1. The highest BCUT2D eigenvalue weighted by Crippen LogP contribution is 2.24. The van der Waals surface area contributed by atoms with Crippen LogP contribution in [0.1, 0.15) is 27.2 Å². The molecule has 0 fully saturated rings. The van der Waals surface area contributed by atoms with Crippen molar-refractivity contribution in [2.75, 3.05) is 0 Å². The van der Waals surface area contributed by atoms with Crippen molar-refractivity contribution in [2.24, 2.45) is 0 Å². The van der Waals surface area contributed by atoms with Crippen molar-refractivity contribution in [3.8, 4) is 6.07 Å². The van der Waals surface area contributed by atoms with E-state index in [9.17, 15) is 4.79 Å². The minimum Gasteiger partial charge on any atom is -0.347 e. The van der Waals surface area contributed by atoms with Crippen LogP contribution in [-0.2, 0) is 12.8 Å². The van der Waals surface area contributed by atoms with Crippen LogP contribution in [0, 0.1) is 11.3 Å². The van der Waals surface area contributed by atoms with Gasteiger partial charge in [0.05, 0.1) is 11.6 Å². The third-order valence-electron chi connectivity index (χ3n) is 3.59. The summed E-state index contributed by atoms with van der Waals surface area (Å²) in [4.78, 5) is 16.2. The SMILES string of the molecule is N#Cc1ccc2c(c1)CC(NC(=O)c1cc(Cl)cc(Cl)n1)C2. The van der Waals surface area contributed by atoms with Gasteiger partial charge in [0.1, 0.15) is 10.8 Å². The lowest BCUT2D eigenvalue weighted by Gasteiger charge is -2.11. The molecule has 22 heavy (non-hydrogen) atoms. The zero-order valence-electron chi connectivity index (χ0n) is 11.4. The summed E-state index contributed by atoms with van der Waals surface area (Å²) in [6.07, 6.45) is 1.44. The maximum atomic E-state index is 12.2. The number of amides is 1. The lowest BCUT2D eigenvalue weighted by Crippen LogP contribution is -2.35. The molecule has 1 N–H and O–H groups in total. The van der Waals surface area contributed by atoms with Crippen LogP contribution in [0.5, 0.6) is 0 Å². The van der Waals surface area contributed by atoms with Crippen molar-refractivity contribution < 1.29 is 4.79 Å². The first-order valence-corrected chi connectivity index (χ1v) is 7.46. The van der Waals surface area contributed by atoms with E-state index in [1.807, 2.05) is 12.1 Å². The summed E-state index contributed by atoms with van der Waals surface area (Å²) in [6, 6.07) is 10.7. The summed E-state index contributed by atoms with van der Waals surface area (Å²) < 4.78 is 0. The van der Waals surface area contributed by atoms with Gasteiger partial charge in [-0.2, -0.15) is 5.26 Å². The highest BCUT2D eigenvalue weighted by molar-refractivity contribution is 6.34. The van der Waals surface area contributed by atoms with E-state index in [1.165, 1.54) is 12.1 Å². The summed E-state index contributed by atoms with van der Waals surface area (Å²) in [7, 11) is 0. The van der Waals surface area contributed by atoms with Gasteiger partial charge in [-0.15, -0.1) is 0 Å². The third kappa shape index (κ3) is 3.06. The Kier molecular flexibility index (Phi) is 4.02. The zero-order chi connectivity index (χ0) is 15.7. The van der Waals surface area contributed by atoms with Crippen LogP contribution < -0.4 is 5.32 Å². The van der Waals surface area contributed by atoms with E-state index in [4.69, 9.17) is 28.5 Å². The fraction of sp³-hybridized carbons (Fsp3) is 0.188. The Morgan fingerprint density at radius 3 is 2.73 bits per heavy atom. The summed E-state index contributed by atoms with van der Waals surface area (Å²) in [6.45, 7) is 0. The van der Waals surface area contributed by atoms with Gasteiger partial charge in [0.2, 0.25) is 0 Å². The molecule has 1 aromatic heterocycles. The van der Waals surface area contributed by atoms with Crippen molar-refractivity contribution in [3.05, 3.63) is 62.9 Å². The highest BCUT2D eigenvalue weighted by atomic mass is 35.5. The van der Waals surface area contributed by atoms with Gasteiger partial charge in [-0.3, -0.25) is 4.79 Å². The molecular formula is C16H11Cl2N3O. The second kappa shape index (κ2) is 5.96. The predicted octanol–water partition coefficient (Wildman–Crippen LogP) is 3.16. The van der Waals surface area contributed by atoms with Crippen LogP contribution in [0.2, 0.25) is 10.2 Å². The highest BCUT2D eigenvalue weighted by Gasteiger charge is 2.24. The molecule has 3 rings (SSSR count). The van der Waals surface area contributed by atoms with Gasteiger partial charge in [-0.1, -0.05) is 29.3 Å². The molecule has 0 spiro atoms. The first-order valence-electron chi connectivity index (χ1n) is 6.71. The van der Waals surface area contributed by atoms with Gasteiger partial charge in [-0.25, -0.2) is 4.98 Å². The van der Waals surface area contributed by atoms with Crippen molar-refractivity contribution in [3.63, 3.8) is 0 Å². The quantitative estimate of drug-likeness (QED) is 0.859. The molecule has 1 amide bonds. The van der Waals surface area contributed by atoms with Crippen LogP contribution in [0.15, 0.2) is 30.3 Å². The Morgan fingerprint density at radius 2 is 2.00 bits per heavy atom. The van der Waals surface area contributed by atoms with E-state index in [2.05, 4.69) is 16.4 Å². The Morgan fingerprint density at radius 1 is 1.23 bits per heavy atom. The molecule has 1 aromatic carbocycles. The summed E-state index contributed by atoms with van der Waals surface area (Å²) >= 11 is 11.7. The van der Waals surface area contributed by atoms with Gasteiger partial charge in [0.15, 0.2) is 0 Å². The van der Waals surface area contributed by atoms with E-state index >= 15 is 0 Å². The third-order valence-corrected chi connectivity index (χ3v) is 4.01. The molecule has 0 radical (unpaired) electrons. The number of pyridine rings is 1. The topological polar surface area (TPSA) is 65.8 Å². The number of nitrogens with one attached hydrogen (secondary N) is 1. The van der Waals surface area contributed by atoms with Crippen molar-refractivity contribution in [2.45, 2.75) is 18.9 Å². The van der Waals surface area contributed by atoms with E-state index in [1.54, 1.807) is 6.07 Å². The molecule has 1 heterocycles. The van der Waals surface area contributed by atoms with Crippen LogP contribution >= 0.6 is 23.2 Å². The number of rotatable bonds is 2. The van der Waals surface area contributed by atoms with Gasteiger partial charge < -0.3 is 5.32 Å².